The lowest BCUT2D eigenvalue weighted by Crippen LogP contribution is -2.32. The molecular formula is C21H16F3N7O3. The molecule has 3 aromatic heterocycles. The lowest BCUT2D eigenvalue weighted by Gasteiger charge is -2.14. The molecule has 34 heavy (non-hydrogen) atoms. The van der Waals surface area contributed by atoms with Crippen LogP contribution in [0.15, 0.2) is 49.1 Å². The third kappa shape index (κ3) is 4.39. The van der Waals surface area contributed by atoms with E-state index >= 15 is 0 Å². The first-order valence-corrected chi connectivity index (χ1v) is 9.71. The molecule has 4 rings (SSSR count). The normalized spacial score (nSPS) is 12.4. The van der Waals surface area contributed by atoms with Crippen molar-refractivity contribution in [1.29, 1.82) is 5.26 Å². The van der Waals surface area contributed by atoms with Crippen molar-refractivity contribution < 1.29 is 27.8 Å². The van der Waals surface area contributed by atoms with Crippen LogP contribution in [0.3, 0.4) is 0 Å². The number of fused-ring (bicyclic) bond motifs is 1. The summed E-state index contributed by atoms with van der Waals surface area (Å²) in [5, 5.41) is 29.5. The van der Waals surface area contributed by atoms with E-state index in [1.165, 1.54) is 42.2 Å². The van der Waals surface area contributed by atoms with Gasteiger partial charge in [0.15, 0.2) is 11.8 Å². The summed E-state index contributed by atoms with van der Waals surface area (Å²) in [4.78, 5) is 17.1. The number of carbonyl (C=O) groups is 1. The minimum atomic E-state index is -4.86. The molecule has 0 unspecified atom stereocenters. The van der Waals surface area contributed by atoms with Crippen molar-refractivity contribution in [2.75, 3.05) is 12.4 Å². The Morgan fingerprint density at radius 3 is 2.88 bits per heavy atom. The quantitative estimate of drug-likeness (QED) is 0.442. The van der Waals surface area contributed by atoms with E-state index in [0.29, 0.717) is 0 Å². The molecule has 0 bridgehead atoms. The summed E-state index contributed by atoms with van der Waals surface area (Å²) in [6.45, 7) is -0.912. The van der Waals surface area contributed by atoms with Gasteiger partial charge >= 0.3 is 6.18 Å². The summed E-state index contributed by atoms with van der Waals surface area (Å²) in [5.41, 5.74) is 0.960. The maximum atomic E-state index is 13.0. The van der Waals surface area contributed by atoms with Crippen molar-refractivity contribution in [3.8, 4) is 23.1 Å². The number of carbonyl (C=O) groups excluding carboxylic acids is 1. The van der Waals surface area contributed by atoms with Gasteiger partial charge < -0.3 is 15.2 Å². The number of alkyl halides is 3. The van der Waals surface area contributed by atoms with Crippen LogP contribution >= 0.6 is 0 Å². The molecule has 174 valence electrons. The van der Waals surface area contributed by atoms with Gasteiger partial charge in [-0.05, 0) is 24.3 Å². The third-order valence-electron chi connectivity index (χ3n) is 4.86. The van der Waals surface area contributed by atoms with Gasteiger partial charge in [0.05, 0.1) is 37.2 Å². The fourth-order valence-electron chi connectivity index (χ4n) is 3.23. The smallest absolute Gasteiger partial charge is 0.416 e. The SMILES string of the molecule is COc1ccc(C#N)cc1-c1nn(C[C@H](O)C(F)(F)F)cc1NC(=O)c1cnn2cccnc12. The van der Waals surface area contributed by atoms with Crippen LogP contribution in [-0.2, 0) is 6.54 Å². The highest BCUT2D eigenvalue weighted by Gasteiger charge is 2.38. The van der Waals surface area contributed by atoms with Gasteiger partial charge in [0.25, 0.3) is 5.91 Å². The molecule has 3 heterocycles. The van der Waals surface area contributed by atoms with Crippen molar-refractivity contribution in [1.82, 2.24) is 24.4 Å². The Hall–Kier alpha value is -4.44. The van der Waals surface area contributed by atoms with Crippen molar-refractivity contribution in [3.63, 3.8) is 0 Å². The molecule has 0 fully saturated rings. The topological polar surface area (TPSA) is 130 Å². The molecule has 0 aliphatic carbocycles. The number of benzene rings is 1. The van der Waals surface area contributed by atoms with Gasteiger partial charge in [-0.2, -0.15) is 28.6 Å². The number of aromatic nitrogens is 5. The second-order valence-electron chi connectivity index (χ2n) is 7.10. The molecule has 0 saturated heterocycles. The van der Waals surface area contributed by atoms with Gasteiger partial charge in [-0.3, -0.25) is 9.48 Å². The van der Waals surface area contributed by atoms with Crippen LogP contribution in [0.5, 0.6) is 5.75 Å². The second-order valence-corrected chi connectivity index (χ2v) is 7.10. The van der Waals surface area contributed by atoms with E-state index < -0.39 is 24.7 Å². The summed E-state index contributed by atoms with van der Waals surface area (Å²) in [7, 11) is 1.37. The Morgan fingerprint density at radius 2 is 2.18 bits per heavy atom. The Bertz CT molecular complexity index is 1400. The van der Waals surface area contributed by atoms with Crippen molar-refractivity contribution in [2.45, 2.75) is 18.8 Å². The first-order chi connectivity index (χ1) is 16.2. The summed E-state index contributed by atoms with van der Waals surface area (Å²) in [5.74, 6) is -0.366. The maximum Gasteiger partial charge on any atom is 0.416 e. The Kier molecular flexibility index (Phi) is 5.91. The summed E-state index contributed by atoms with van der Waals surface area (Å²) >= 11 is 0. The standard InChI is InChI=1S/C21H16F3N7O3/c1-34-16-4-3-12(8-25)7-13(16)18-15(10-30(29-18)11-17(32)21(22,23)24)28-20(33)14-9-27-31-6-2-5-26-19(14)31/h2-7,9-10,17,32H,11H2,1H3,(H,28,33)/t17-/m0/s1. The monoisotopic (exact) mass is 471 g/mol. The number of anilines is 1. The number of halogens is 3. The third-order valence-corrected chi connectivity index (χ3v) is 4.86. The number of ether oxygens (including phenoxy) is 1. The van der Waals surface area contributed by atoms with E-state index in [9.17, 15) is 28.3 Å². The Labute approximate surface area is 189 Å². The van der Waals surface area contributed by atoms with E-state index in [2.05, 4.69) is 20.5 Å². The number of amides is 1. The van der Waals surface area contributed by atoms with Gasteiger partial charge in [-0.25, -0.2) is 9.50 Å². The molecule has 1 aromatic carbocycles. The molecule has 4 aromatic rings. The minimum Gasteiger partial charge on any atom is -0.496 e. The Balaban J connectivity index is 1.78. The lowest BCUT2D eigenvalue weighted by molar-refractivity contribution is -0.208. The molecule has 2 N–H and O–H groups in total. The zero-order valence-corrected chi connectivity index (χ0v) is 17.5. The number of aliphatic hydroxyl groups excluding tert-OH is 1. The summed E-state index contributed by atoms with van der Waals surface area (Å²) in [6.07, 6.45) is -2.02. The molecule has 1 amide bonds. The number of nitriles is 1. The van der Waals surface area contributed by atoms with Crippen molar-refractivity contribution in [3.05, 3.63) is 60.2 Å². The first kappa shape index (κ1) is 22.7. The van der Waals surface area contributed by atoms with Crippen molar-refractivity contribution in [2.24, 2.45) is 0 Å². The highest BCUT2D eigenvalue weighted by molar-refractivity contribution is 6.09. The van der Waals surface area contributed by atoms with E-state index in [0.717, 1.165) is 10.9 Å². The largest absolute Gasteiger partial charge is 0.496 e. The van der Waals surface area contributed by atoms with Gasteiger partial charge in [0, 0.05) is 24.2 Å². The molecule has 0 radical (unpaired) electrons. The molecule has 0 aliphatic heterocycles. The van der Waals surface area contributed by atoms with Crippen LogP contribution in [-0.4, -0.2) is 54.8 Å². The van der Waals surface area contributed by atoms with Crippen LogP contribution in [0.4, 0.5) is 18.9 Å². The zero-order valence-electron chi connectivity index (χ0n) is 17.5. The van der Waals surface area contributed by atoms with Gasteiger partial charge in [-0.1, -0.05) is 0 Å². The molecule has 10 nitrogen and oxygen atoms in total. The number of hydrogen-bond acceptors (Lipinski definition) is 7. The van der Waals surface area contributed by atoms with Gasteiger partial charge in [0.2, 0.25) is 0 Å². The average Bonchev–Trinajstić information content (AvgIpc) is 3.42. The number of nitrogens with zero attached hydrogens (tertiary/aromatic N) is 6. The molecular weight excluding hydrogens is 455 g/mol. The second kappa shape index (κ2) is 8.83. The molecule has 0 saturated carbocycles. The predicted molar refractivity (Wildman–Crippen MR) is 112 cm³/mol. The highest BCUT2D eigenvalue weighted by atomic mass is 19.4. The van der Waals surface area contributed by atoms with Gasteiger partial charge in [-0.15, -0.1) is 0 Å². The summed E-state index contributed by atoms with van der Waals surface area (Å²) in [6, 6.07) is 8.02. The summed E-state index contributed by atoms with van der Waals surface area (Å²) < 4.78 is 46.2. The number of aliphatic hydroxyl groups is 1. The number of methoxy groups -OCH3 is 1. The molecule has 0 spiro atoms. The highest BCUT2D eigenvalue weighted by Crippen LogP contribution is 2.35. The first-order valence-electron chi connectivity index (χ1n) is 9.71. The van der Waals surface area contributed by atoms with Crippen LogP contribution in [0.25, 0.3) is 16.9 Å². The number of nitrogens with one attached hydrogen (secondary N) is 1. The van der Waals surface area contributed by atoms with E-state index in [1.807, 2.05) is 6.07 Å². The van der Waals surface area contributed by atoms with Crippen LogP contribution in [0.2, 0.25) is 0 Å². The van der Waals surface area contributed by atoms with E-state index in [1.54, 1.807) is 12.3 Å². The van der Waals surface area contributed by atoms with E-state index in [-0.39, 0.29) is 39.5 Å². The maximum absolute atomic E-state index is 13.0. The van der Waals surface area contributed by atoms with Gasteiger partial charge in [0.1, 0.15) is 17.0 Å². The fraction of sp³-hybridized carbons (Fsp3) is 0.190. The van der Waals surface area contributed by atoms with Crippen LogP contribution in [0.1, 0.15) is 15.9 Å². The van der Waals surface area contributed by atoms with Crippen LogP contribution in [0, 0.1) is 11.3 Å². The molecule has 13 heteroatoms. The molecule has 1 atom stereocenters. The zero-order chi connectivity index (χ0) is 24.5. The lowest BCUT2D eigenvalue weighted by atomic mass is 10.1. The van der Waals surface area contributed by atoms with Crippen LogP contribution < -0.4 is 10.1 Å². The number of hydrogen-bond donors (Lipinski definition) is 2. The Morgan fingerprint density at radius 1 is 1.38 bits per heavy atom. The van der Waals surface area contributed by atoms with E-state index in [4.69, 9.17) is 4.74 Å². The number of rotatable bonds is 6. The minimum absolute atomic E-state index is 0.0306. The predicted octanol–water partition coefficient (Wildman–Crippen LogP) is 2.65. The average molecular weight is 471 g/mol. The van der Waals surface area contributed by atoms with Crippen molar-refractivity contribution >= 4 is 17.2 Å². The fourth-order valence-corrected chi connectivity index (χ4v) is 3.23. The molecule has 0 aliphatic rings.